The maximum Gasteiger partial charge on any atom is 0.408 e. The first-order valence-corrected chi connectivity index (χ1v) is 13.0. The molecular formula is C29H33N5O7. The summed E-state index contributed by atoms with van der Waals surface area (Å²) < 4.78 is 5.19. The first-order chi connectivity index (χ1) is 19.5. The van der Waals surface area contributed by atoms with Crippen LogP contribution in [-0.4, -0.2) is 62.9 Å². The lowest BCUT2D eigenvalue weighted by atomic mass is 10.0. The zero-order chi connectivity index (χ0) is 29.9. The minimum absolute atomic E-state index is 0.0133. The first-order valence-electron chi connectivity index (χ1n) is 13.0. The molecule has 0 saturated heterocycles. The molecule has 1 heterocycles. The molecule has 0 aliphatic rings. The van der Waals surface area contributed by atoms with E-state index in [1.807, 2.05) is 36.4 Å². The fourth-order valence-corrected chi connectivity index (χ4v) is 3.85. The van der Waals surface area contributed by atoms with Gasteiger partial charge in [0.2, 0.25) is 17.6 Å². The Balaban J connectivity index is 1.61. The highest BCUT2D eigenvalue weighted by molar-refractivity contribution is 6.02. The normalized spacial score (nSPS) is 13.0. The van der Waals surface area contributed by atoms with Gasteiger partial charge in [0, 0.05) is 0 Å². The van der Waals surface area contributed by atoms with Crippen molar-refractivity contribution in [3.8, 4) is 11.3 Å². The van der Waals surface area contributed by atoms with Crippen LogP contribution < -0.4 is 16.0 Å². The van der Waals surface area contributed by atoms with Crippen LogP contribution >= 0.6 is 0 Å². The molecule has 0 saturated carbocycles. The molecule has 2 aromatic carbocycles. The number of carbonyl (C=O) groups excluding carboxylic acids is 4. The number of carboxylic acids is 1. The third kappa shape index (κ3) is 9.02. The van der Waals surface area contributed by atoms with Crippen molar-refractivity contribution >= 4 is 29.7 Å². The molecule has 0 bridgehead atoms. The van der Waals surface area contributed by atoms with Crippen LogP contribution in [0.3, 0.4) is 0 Å². The van der Waals surface area contributed by atoms with E-state index in [-0.39, 0.29) is 18.3 Å². The molecule has 12 nitrogen and oxygen atoms in total. The van der Waals surface area contributed by atoms with Crippen molar-refractivity contribution in [3.05, 3.63) is 78.2 Å². The van der Waals surface area contributed by atoms with E-state index >= 15 is 0 Å². The van der Waals surface area contributed by atoms with Crippen LogP contribution in [0.5, 0.6) is 0 Å². The second-order valence-corrected chi connectivity index (χ2v) is 9.69. The third-order valence-corrected chi connectivity index (χ3v) is 6.09. The van der Waals surface area contributed by atoms with Crippen molar-refractivity contribution in [2.45, 2.75) is 51.9 Å². The van der Waals surface area contributed by atoms with Gasteiger partial charge in [-0.15, -0.1) is 0 Å². The summed E-state index contributed by atoms with van der Waals surface area (Å²) in [7, 11) is 0. The molecule has 12 heteroatoms. The fraction of sp³-hybridized carbons (Fsp3) is 0.310. The van der Waals surface area contributed by atoms with Gasteiger partial charge in [-0.2, -0.15) is 0 Å². The van der Waals surface area contributed by atoms with E-state index in [9.17, 15) is 29.1 Å². The largest absolute Gasteiger partial charge is 0.481 e. The standard InChI is InChI=1S/C29H33N5O7/c1-17(2)24(34-29(40)41-16-19-10-6-4-7-11-19)28(39)31-18(3)27(38)33-21(14-23(35)36)25(37)26-30-15-22(32-26)20-12-8-5-9-13-20/h4-13,15,17-18,21,24H,14,16H2,1-3H3,(H,30,32)(H,31,39)(H,33,38)(H,34,40)(H,35,36)/t18-,21-,24-/m0/s1. The summed E-state index contributed by atoms with van der Waals surface area (Å²) in [6.45, 7) is 4.81. The summed E-state index contributed by atoms with van der Waals surface area (Å²) in [6, 6.07) is 14.5. The van der Waals surface area contributed by atoms with Crippen LogP contribution in [0.4, 0.5) is 4.79 Å². The number of H-pyrrole nitrogens is 1. The van der Waals surface area contributed by atoms with E-state index in [2.05, 4.69) is 25.9 Å². The minimum atomic E-state index is -1.44. The van der Waals surface area contributed by atoms with Crippen molar-refractivity contribution in [1.82, 2.24) is 25.9 Å². The summed E-state index contributed by atoms with van der Waals surface area (Å²) in [5.74, 6) is -3.96. The number of aliphatic carboxylic acids is 1. The molecule has 5 N–H and O–H groups in total. The number of Topliss-reactive ketones (excluding diaryl/α,β-unsaturated/α-hetero) is 1. The summed E-state index contributed by atoms with van der Waals surface area (Å²) in [5, 5.41) is 16.7. The van der Waals surface area contributed by atoms with E-state index in [1.54, 1.807) is 38.1 Å². The zero-order valence-corrected chi connectivity index (χ0v) is 22.9. The Bertz CT molecular complexity index is 1360. The Morgan fingerprint density at radius 2 is 1.51 bits per heavy atom. The van der Waals surface area contributed by atoms with Crippen molar-refractivity contribution in [2.75, 3.05) is 0 Å². The number of amides is 3. The zero-order valence-electron chi connectivity index (χ0n) is 22.9. The molecule has 0 radical (unpaired) electrons. The van der Waals surface area contributed by atoms with E-state index in [1.165, 1.54) is 13.1 Å². The van der Waals surface area contributed by atoms with E-state index in [0.29, 0.717) is 5.69 Å². The average Bonchev–Trinajstić information content (AvgIpc) is 3.45. The van der Waals surface area contributed by atoms with Gasteiger partial charge in [0.1, 0.15) is 24.7 Å². The number of hydrogen-bond donors (Lipinski definition) is 5. The van der Waals surface area contributed by atoms with Gasteiger partial charge in [-0.1, -0.05) is 74.5 Å². The minimum Gasteiger partial charge on any atom is -0.481 e. The van der Waals surface area contributed by atoms with Crippen LogP contribution in [0.15, 0.2) is 66.9 Å². The Labute approximate surface area is 236 Å². The Morgan fingerprint density at radius 1 is 0.878 bits per heavy atom. The van der Waals surface area contributed by atoms with Gasteiger partial charge >= 0.3 is 12.1 Å². The van der Waals surface area contributed by atoms with Crippen LogP contribution in [-0.2, 0) is 25.7 Å². The summed E-state index contributed by atoms with van der Waals surface area (Å²) in [4.78, 5) is 69.6. The van der Waals surface area contributed by atoms with Crippen molar-refractivity contribution in [1.29, 1.82) is 0 Å². The Morgan fingerprint density at radius 3 is 2.12 bits per heavy atom. The molecule has 3 rings (SSSR count). The average molecular weight is 564 g/mol. The van der Waals surface area contributed by atoms with Crippen LogP contribution in [0.2, 0.25) is 0 Å². The van der Waals surface area contributed by atoms with E-state index in [0.717, 1.165) is 11.1 Å². The topological polar surface area (TPSA) is 180 Å². The van der Waals surface area contributed by atoms with Gasteiger partial charge < -0.3 is 30.8 Å². The van der Waals surface area contributed by atoms with Crippen molar-refractivity contribution in [2.24, 2.45) is 5.92 Å². The molecule has 0 unspecified atom stereocenters. The maximum atomic E-state index is 13.1. The summed E-state index contributed by atoms with van der Waals surface area (Å²) in [6.07, 6.45) is -0.0642. The highest BCUT2D eigenvalue weighted by Gasteiger charge is 2.31. The molecule has 0 spiro atoms. The van der Waals surface area contributed by atoms with Crippen LogP contribution in [0, 0.1) is 5.92 Å². The number of rotatable bonds is 13. The second kappa shape index (κ2) is 14.4. The van der Waals surface area contributed by atoms with Crippen molar-refractivity contribution < 1.29 is 33.8 Å². The highest BCUT2D eigenvalue weighted by atomic mass is 16.5. The Hall–Kier alpha value is -5.00. The molecule has 1 aromatic heterocycles. The lowest BCUT2D eigenvalue weighted by Crippen LogP contribution is -2.56. The number of ketones is 1. The smallest absolute Gasteiger partial charge is 0.408 e. The fourth-order valence-electron chi connectivity index (χ4n) is 3.85. The van der Waals surface area contributed by atoms with Gasteiger partial charge in [-0.25, -0.2) is 9.78 Å². The van der Waals surface area contributed by atoms with Crippen molar-refractivity contribution in [3.63, 3.8) is 0 Å². The number of nitrogens with one attached hydrogen (secondary N) is 4. The first kappa shape index (κ1) is 30.5. The molecular weight excluding hydrogens is 530 g/mol. The third-order valence-electron chi connectivity index (χ3n) is 6.09. The number of carbonyl (C=O) groups is 5. The van der Waals surface area contributed by atoms with E-state index in [4.69, 9.17) is 4.74 Å². The second-order valence-electron chi connectivity index (χ2n) is 9.69. The quantitative estimate of drug-likeness (QED) is 0.197. The number of benzene rings is 2. The molecule has 0 fully saturated rings. The highest BCUT2D eigenvalue weighted by Crippen LogP contribution is 2.17. The van der Waals surface area contributed by atoms with Crippen LogP contribution in [0.1, 0.15) is 43.4 Å². The molecule has 3 aromatic rings. The lowest BCUT2D eigenvalue weighted by Gasteiger charge is -2.24. The number of alkyl carbamates (subject to hydrolysis) is 1. The Kier molecular flexibility index (Phi) is 10.7. The van der Waals surface area contributed by atoms with E-state index < -0.39 is 54.2 Å². The van der Waals surface area contributed by atoms with Gasteiger partial charge in [-0.3, -0.25) is 19.2 Å². The molecule has 3 amide bonds. The number of nitrogens with zero attached hydrogens (tertiary/aromatic N) is 1. The predicted octanol–water partition coefficient (Wildman–Crippen LogP) is 2.67. The number of carboxylic acid groups (broad SMARTS) is 1. The number of aromatic amines is 1. The molecule has 0 aliphatic heterocycles. The summed E-state index contributed by atoms with van der Waals surface area (Å²) in [5.41, 5.74) is 2.09. The molecule has 3 atom stereocenters. The van der Waals surface area contributed by atoms with Gasteiger partial charge in [-0.05, 0) is 24.0 Å². The number of ether oxygens (including phenoxy) is 1. The monoisotopic (exact) mass is 563 g/mol. The maximum absolute atomic E-state index is 13.1. The molecule has 41 heavy (non-hydrogen) atoms. The lowest BCUT2D eigenvalue weighted by molar-refractivity contribution is -0.137. The number of imidazole rings is 1. The van der Waals surface area contributed by atoms with Crippen LogP contribution in [0.25, 0.3) is 11.3 Å². The predicted molar refractivity (Wildman–Crippen MR) is 149 cm³/mol. The molecule has 0 aliphatic carbocycles. The number of hydrogen-bond acceptors (Lipinski definition) is 7. The van der Waals surface area contributed by atoms with Gasteiger partial charge in [0.25, 0.3) is 0 Å². The SMILES string of the molecule is CC(C)[C@H](NC(=O)OCc1ccccc1)C(=O)N[C@@H](C)C(=O)N[C@@H](CC(=O)O)C(=O)c1ncc(-c2ccccc2)[nH]1. The van der Waals surface area contributed by atoms with Gasteiger partial charge in [0.15, 0.2) is 5.82 Å². The van der Waals surface area contributed by atoms with Gasteiger partial charge in [0.05, 0.1) is 18.3 Å². The molecule has 216 valence electrons. The number of aromatic nitrogens is 2. The summed E-state index contributed by atoms with van der Waals surface area (Å²) >= 11 is 0.